The van der Waals surface area contributed by atoms with Crippen molar-refractivity contribution in [2.75, 3.05) is 31.2 Å². The van der Waals surface area contributed by atoms with Crippen LogP contribution in [-0.4, -0.2) is 34.3 Å². The van der Waals surface area contributed by atoms with Gasteiger partial charge < -0.3 is 10.6 Å². The smallest absolute Gasteiger partial charge is 0.208 e. The minimum atomic E-state index is -3.08. The van der Waals surface area contributed by atoms with Crippen LogP contribution in [-0.2, 0) is 23.0 Å². The standard InChI is InChI=1S/C12H19N3O2S/c1-18(16,17)15-8-7-13-9-11-4-2-3-10-5-6-14-12(10)11/h2-4,13-15H,5-9H2,1H3. The fraction of sp³-hybridized carbons (Fsp3) is 0.500. The summed E-state index contributed by atoms with van der Waals surface area (Å²) in [5.74, 6) is 0. The zero-order chi connectivity index (χ0) is 13.0. The maximum atomic E-state index is 10.9. The molecule has 0 saturated carbocycles. The van der Waals surface area contributed by atoms with Crippen LogP contribution in [0.15, 0.2) is 18.2 Å². The van der Waals surface area contributed by atoms with Gasteiger partial charge in [0.15, 0.2) is 0 Å². The Kier molecular flexibility index (Phi) is 4.21. The second-order valence-corrected chi connectivity index (χ2v) is 6.30. The number of rotatable bonds is 6. The fourth-order valence-corrected chi connectivity index (χ4v) is 2.58. The molecule has 1 aliphatic rings. The third kappa shape index (κ3) is 3.69. The number of hydrogen-bond acceptors (Lipinski definition) is 4. The minimum Gasteiger partial charge on any atom is -0.384 e. The molecule has 2 rings (SSSR count). The van der Waals surface area contributed by atoms with Gasteiger partial charge in [-0.15, -0.1) is 0 Å². The Hall–Kier alpha value is -1.11. The maximum Gasteiger partial charge on any atom is 0.208 e. The van der Waals surface area contributed by atoms with Crippen LogP contribution < -0.4 is 15.4 Å². The molecule has 0 aromatic heterocycles. The Balaban J connectivity index is 1.79. The monoisotopic (exact) mass is 269 g/mol. The van der Waals surface area contributed by atoms with Crippen LogP contribution in [0.3, 0.4) is 0 Å². The number of hydrogen-bond donors (Lipinski definition) is 3. The molecule has 0 saturated heterocycles. The third-order valence-electron chi connectivity index (χ3n) is 2.91. The number of sulfonamides is 1. The number of para-hydroxylation sites is 1. The average molecular weight is 269 g/mol. The van der Waals surface area contributed by atoms with Crippen molar-refractivity contribution in [3.05, 3.63) is 29.3 Å². The first-order valence-corrected chi connectivity index (χ1v) is 7.95. The van der Waals surface area contributed by atoms with E-state index in [2.05, 4.69) is 33.6 Å². The van der Waals surface area contributed by atoms with E-state index in [1.807, 2.05) is 0 Å². The second kappa shape index (κ2) is 5.69. The van der Waals surface area contributed by atoms with E-state index in [4.69, 9.17) is 0 Å². The van der Waals surface area contributed by atoms with Crippen LogP contribution in [0.4, 0.5) is 5.69 Å². The molecule has 3 N–H and O–H groups in total. The molecule has 0 unspecified atom stereocenters. The van der Waals surface area contributed by atoms with E-state index in [0.29, 0.717) is 13.1 Å². The first kappa shape index (κ1) is 13.3. The van der Waals surface area contributed by atoms with Crippen molar-refractivity contribution in [3.8, 4) is 0 Å². The van der Waals surface area contributed by atoms with E-state index < -0.39 is 10.0 Å². The maximum absolute atomic E-state index is 10.9. The Morgan fingerprint density at radius 2 is 2.17 bits per heavy atom. The fourth-order valence-electron chi connectivity index (χ4n) is 2.11. The SMILES string of the molecule is CS(=O)(=O)NCCNCc1cccc2c1NCC2. The quantitative estimate of drug-likeness (QED) is 0.649. The van der Waals surface area contributed by atoms with Gasteiger partial charge in [-0.05, 0) is 17.5 Å². The predicted molar refractivity (Wildman–Crippen MR) is 73.2 cm³/mol. The molecular formula is C12H19N3O2S. The summed E-state index contributed by atoms with van der Waals surface area (Å²) in [6.07, 6.45) is 2.25. The summed E-state index contributed by atoms with van der Waals surface area (Å²) in [6, 6.07) is 6.30. The van der Waals surface area contributed by atoms with Crippen LogP contribution in [0.5, 0.6) is 0 Å². The minimum absolute atomic E-state index is 0.418. The summed E-state index contributed by atoms with van der Waals surface area (Å²) in [4.78, 5) is 0. The molecule has 100 valence electrons. The van der Waals surface area contributed by atoms with Gasteiger partial charge in [0.25, 0.3) is 0 Å². The molecule has 1 aromatic carbocycles. The normalized spacial score (nSPS) is 14.3. The first-order valence-electron chi connectivity index (χ1n) is 6.06. The van der Waals surface area contributed by atoms with Crippen molar-refractivity contribution >= 4 is 15.7 Å². The Morgan fingerprint density at radius 3 is 2.94 bits per heavy atom. The van der Waals surface area contributed by atoms with Crippen LogP contribution in [0, 0.1) is 0 Å². The Bertz CT molecular complexity index is 514. The van der Waals surface area contributed by atoms with Crippen LogP contribution in [0.25, 0.3) is 0 Å². The average Bonchev–Trinajstić information content (AvgIpc) is 2.75. The number of fused-ring (bicyclic) bond motifs is 1. The molecule has 1 aromatic rings. The molecule has 1 aliphatic heterocycles. The molecule has 0 atom stereocenters. The van der Waals surface area contributed by atoms with Gasteiger partial charge in [0, 0.05) is 31.9 Å². The summed E-state index contributed by atoms with van der Waals surface area (Å²) in [5.41, 5.74) is 3.84. The number of benzene rings is 1. The summed E-state index contributed by atoms with van der Waals surface area (Å²) >= 11 is 0. The molecule has 0 spiro atoms. The Morgan fingerprint density at radius 1 is 1.33 bits per heavy atom. The summed E-state index contributed by atoms with van der Waals surface area (Å²) in [6.45, 7) is 2.79. The topological polar surface area (TPSA) is 70.2 Å². The lowest BCUT2D eigenvalue weighted by atomic mass is 10.1. The van der Waals surface area contributed by atoms with Crippen molar-refractivity contribution in [3.63, 3.8) is 0 Å². The molecule has 18 heavy (non-hydrogen) atoms. The molecular weight excluding hydrogens is 250 g/mol. The lowest BCUT2D eigenvalue weighted by Crippen LogP contribution is -2.30. The highest BCUT2D eigenvalue weighted by Crippen LogP contribution is 2.25. The van der Waals surface area contributed by atoms with Gasteiger partial charge in [0.05, 0.1) is 6.26 Å². The highest BCUT2D eigenvalue weighted by Gasteiger charge is 2.12. The van der Waals surface area contributed by atoms with E-state index in [9.17, 15) is 8.42 Å². The summed E-state index contributed by atoms with van der Waals surface area (Å²) < 4.78 is 24.2. The highest BCUT2D eigenvalue weighted by atomic mass is 32.2. The van der Waals surface area contributed by atoms with Gasteiger partial charge in [0.2, 0.25) is 10.0 Å². The largest absolute Gasteiger partial charge is 0.384 e. The van der Waals surface area contributed by atoms with Crippen LogP contribution >= 0.6 is 0 Å². The molecule has 0 bridgehead atoms. The highest BCUT2D eigenvalue weighted by molar-refractivity contribution is 7.88. The Labute approximate surface area is 108 Å². The zero-order valence-electron chi connectivity index (χ0n) is 10.5. The van der Waals surface area contributed by atoms with Gasteiger partial charge in [-0.1, -0.05) is 18.2 Å². The molecule has 0 radical (unpaired) electrons. The van der Waals surface area contributed by atoms with E-state index in [1.165, 1.54) is 23.1 Å². The van der Waals surface area contributed by atoms with Crippen molar-refractivity contribution in [1.29, 1.82) is 0 Å². The van der Waals surface area contributed by atoms with Gasteiger partial charge in [-0.2, -0.15) is 0 Å². The van der Waals surface area contributed by atoms with Crippen molar-refractivity contribution < 1.29 is 8.42 Å². The molecule has 1 heterocycles. The molecule has 6 heteroatoms. The van der Waals surface area contributed by atoms with E-state index in [0.717, 1.165) is 19.5 Å². The number of anilines is 1. The van der Waals surface area contributed by atoms with Crippen molar-refractivity contribution in [2.24, 2.45) is 0 Å². The second-order valence-electron chi connectivity index (χ2n) is 4.47. The van der Waals surface area contributed by atoms with Crippen molar-refractivity contribution in [2.45, 2.75) is 13.0 Å². The van der Waals surface area contributed by atoms with E-state index >= 15 is 0 Å². The summed E-state index contributed by atoms with van der Waals surface area (Å²) in [7, 11) is -3.08. The third-order valence-corrected chi connectivity index (χ3v) is 3.64. The lowest BCUT2D eigenvalue weighted by Gasteiger charge is -2.10. The summed E-state index contributed by atoms with van der Waals surface area (Å²) in [5, 5.41) is 6.62. The van der Waals surface area contributed by atoms with Crippen molar-refractivity contribution in [1.82, 2.24) is 10.0 Å². The van der Waals surface area contributed by atoms with Gasteiger partial charge in [-0.25, -0.2) is 13.1 Å². The number of nitrogens with one attached hydrogen (secondary N) is 3. The van der Waals surface area contributed by atoms with E-state index in [-0.39, 0.29) is 0 Å². The van der Waals surface area contributed by atoms with Gasteiger partial charge in [0.1, 0.15) is 0 Å². The molecule has 0 fully saturated rings. The van der Waals surface area contributed by atoms with Gasteiger partial charge >= 0.3 is 0 Å². The zero-order valence-corrected chi connectivity index (χ0v) is 11.3. The molecule has 0 aliphatic carbocycles. The van der Waals surface area contributed by atoms with E-state index in [1.54, 1.807) is 0 Å². The predicted octanol–water partition coefficient (Wildman–Crippen LogP) is 0.293. The van der Waals surface area contributed by atoms with Crippen LogP contribution in [0.1, 0.15) is 11.1 Å². The first-order chi connectivity index (χ1) is 8.56. The molecule has 0 amide bonds. The van der Waals surface area contributed by atoms with Crippen LogP contribution in [0.2, 0.25) is 0 Å². The lowest BCUT2D eigenvalue weighted by molar-refractivity contribution is 0.582. The molecule has 5 nitrogen and oxygen atoms in total. The van der Waals surface area contributed by atoms with Gasteiger partial charge in [-0.3, -0.25) is 0 Å².